The minimum absolute atomic E-state index is 0.105. The largest absolute Gasteiger partial charge is 0.469 e. The van der Waals surface area contributed by atoms with Crippen LogP contribution in [0.25, 0.3) is 11.1 Å². The lowest BCUT2D eigenvalue weighted by atomic mass is 10.1. The maximum Gasteiger partial charge on any atom is 0.106 e. The Morgan fingerprint density at radius 3 is 2.53 bits per heavy atom. The van der Waals surface area contributed by atoms with Crippen molar-refractivity contribution in [2.45, 2.75) is 6.42 Å². The zero-order valence-corrected chi connectivity index (χ0v) is 8.87. The lowest BCUT2D eigenvalue weighted by Crippen LogP contribution is -1.86. The van der Waals surface area contributed by atoms with E-state index >= 15 is 0 Å². The Morgan fingerprint density at radius 2 is 1.87 bits per heavy atom. The molecule has 3 heteroatoms. The van der Waals surface area contributed by atoms with E-state index < -0.39 is 0 Å². The summed E-state index contributed by atoms with van der Waals surface area (Å²) < 4.78 is 5.30. The first-order valence-corrected chi connectivity index (χ1v) is 5.11. The second-order valence-corrected chi connectivity index (χ2v) is 3.72. The van der Waals surface area contributed by atoms with Crippen LogP contribution in [0.3, 0.4) is 0 Å². The molecule has 2 rings (SSSR count). The van der Waals surface area contributed by atoms with Crippen molar-refractivity contribution in [2.24, 2.45) is 0 Å². The van der Waals surface area contributed by atoms with Crippen molar-refractivity contribution in [1.82, 2.24) is 0 Å². The van der Waals surface area contributed by atoms with E-state index in [1.165, 1.54) is 0 Å². The Kier molecular flexibility index (Phi) is 3.09. The number of aliphatic hydroxyl groups excluding tert-OH is 1. The number of halogens is 1. The summed E-state index contributed by atoms with van der Waals surface area (Å²) in [5, 5.41) is 9.48. The summed E-state index contributed by atoms with van der Waals surface area (Å²) in [6, 6.07) is 9.50. The third kappa shape index (κ3) is 2.41. The summed E-state index contributed by atoms with van der Waals surface area (Å²) in [6.45, 7) is 0.105. The minimum atomic E-state index is 0.105. The maximum absolute atomic E-state index is 8.76. The summed E-state index contributed by atoms with van der Waals surface area (Å²) >= 11 is 5.80. The highest BCUT2D eigenvalue weighted by atomic mass is 35.5. The normalized spacial score (nSPS) is 10.5. The number of rotatable bonds is 3. The van der Waals surface area contributed by atoms with Gasteiger partial charge in [0.05, 0.1) is 12.9 Å². The van der Waals surface area contributed by atoms with E-state index in [4.69, 9.17) is 21.1 Å². The Balaban J connectivity index is 2.25. The van der Waals surface area contributed by atoms with Crippen molar-refractivity contribution in [2.75, 3.05) is 6.61 Å². The molecule has 0 radical (unpaired) electrons. The van der Waals surface area contributed by atoms with Gasteiger partial charge in [0, 0.05) is 17.0 Å². The fraction of sp³-hybridized carbons (Fsp3) is 0.167. The molecule has 0 aliphatic rings. The monoisotopic (exact) mass is 222 g/mol. The van der Waals surface area contributed by atoms with Crippen molar-refractivity contribution in [1.29, 1.82) is 0 Å². The van der Waals surface area contributed by atoms with Gasteiger partial charge in [0.25, 0.3) is 0 Å². The molecule has 15 heavy (non-hydrogen) atoms. The summed E-state index contributed by atoms with van der Waals surface area (Å²) in [5.41, 5.74) is 2.07. The van der Waals surface area contributed by atoms with E-state index in [1.807, 2.05) is 30.3 Å². The maximum atomic E-state index is 8.76. The molecule has 2 nitrogen and oxygen atoms in total. The molecule has 0 bridgehead atoms. The van der Waals surface area contributed by atoms with Gasteiger partial charge in [-0.1, -0.05) is 23.7 Å². The van der Waals surface area contributed by atoms with Crippen LogP contribution in [0.15, 0.2) is 41.0 Å². The van der Waals surface area contributed by atoms with Gasteiger partial charge in [-0.25, -0.2) is 0 Å². The van der Waals surface area contributed by atoms with E-state index in [0.717, 1.165) is 21.9 Å². The quantitative estimate of drug-likeness (QED) is 0.866. The number of hydrogen-bond acceptors (Lipinski definition) is 2. The highest BCUT2D eigenvalue weighted by Crippen LogP contribution is 2.23. The highest BCUT2D eigenvalue weighted by molar-refractivity contribution is 6.30. The van der Waals surface area contributed by atoms with Crippen LogP contribution in [0.2, 0.25) is 5.02 Å². The lowest BCUT2D eigenvalue weighted by Gasteiger charge is -1.95. The summed E-state index contributed by atoms with van der Waals surface area (Å²) in [6.07, 6.45) is 2.24. The fourth-order valence-electron chi connectivity index (χ4n) is 1.42. The second-order valence-electron chi connectivity index (χ2n) is 3.28. The van der Waals surface area contributed by atoms with Crippen molar-refractivity contribution in [3.05, 3.63) is 47.4 Å². The molecule has 1 aromatic heterocycles. The first-order valence-electron chi connectivity index (χ1n) is 4.74. The molecule has 1 heterocycles. The van der Waals surface area contributed by atoms with Gasteiger partial charge >= 0.3 is 0 Å². The van der Waals surface area contributed by atoms with Gasteiger partial charge in [0.2, 0.25) is 0 Å². The van der Waals surface area contributed by atoms with Crippen molar-refractivity contribution >= 4 is 11.6 Å². The molecule has 0 fully saturated rings. The van der Waals surface area contributed by atoms with Gasteiger partial charge in [-0.05, 0) is 23.8 Å². The predicted octanol–water partition coefficient (Wildman–Crippen LogP) is 3.13. The van der Waals surface area contributed by atoms with Crippen LogP contribution in [0.1, 0.15) is 5.76 Å². The van der Waals surface area contributed by atoms with Crippen LogP contribution in [-0.4, -0.2) is 11.7 Å². The van der Waals surface area contributed by atoms with Crippen molar-refractivity contribution in [3.8, 4) is 11.1 Å². The topological polar surface area (TPSA) is 33.4 Å². The Bertz CT molecular complexity index is 431. The number of hydrogen-bond donors (Lipinski definition) is 1. The third-order valence-electron chi connectivity index (χ3n) is 2.19. The molecule has 1 N–H and O–H groups in total. The molecule has 1 aromatic carbocycles. The van der Waals surface area contributed by atoms with E-state index in [0.29, 0.717) is 6.42 Å². The molecule has 0 aliphatic heterocycles. The molecule has 0 amide bonds. The zero-order valence-electron chi connectivity index (χ0n) is 8.11. The van der Waals surface area contributed by atoms with Gasteiger partial charge < -0.3 is 9.52 Å². The molecular weight excluding hydrogens is 212 g/mol. The molecule has 78 valence electrons. The molecule has 0 aliphatic carbocycles. The van der Waals surface area contributed by atoms with Gasteiger partial charge in [0.1, 0.15) is 5.76 Å². The van der Waals surface area contributed by atoms with Crippen LogP contribution in [-0.2, 0) is 6.42 Å². The van der Waals surface area contributed by atoms with E-state index in [2.05, 4.69) is 0 Å². The lowest BCUT2D eigenvalue weighted by molar-refractivity contribution is 0.288. The third-order valence-corrected chi connectivity index (χ3v) is 2.44. The average Bonchev–Trinajstić information content (AvgIpc) is 2.68. The predicted molar refractivity (Wildman–Crippen MR) is 59.9 cm³/mol. The molecule has 0 saturated carbocycles. The summed E-state index contributed by atoms with van der Waals surface area (Å²) in [7, 11) is 0. The molecule has 0 atom stereocenters. The fourth-order valence-corrected chi connectivity index (χ4v) is 1.54. The van der Waals surface area contributed by atoms with Crippen molar-refractivity contribution in [3.63, 3.8) is 0 Å². The molecule has 2 aromatic rings. The van der Waals surface area contributed by atoms with E-state index in [-0.39, 0.29) is 6.61 Å². The first kappa shape index (κ1) is 10.3. The Labute approximate surface area is 93.1 Å². The van der Waals surface area contributed by atoms with Gasteiger partial charge in [-0.15, -0.1) is 0 Å². The van der Waals surface area contributed by atoms with Crippen LogP contribution >= 0.6 is 11.6 Å². The molecule has 0 saturated heterocycles. The first-order chi connectivity index (χ1) is 7.29. The standard InChI is InChI=1S/C12H11ClO2/c13-11-3-1-9(2-4-11)10-7-12(5-6-14)15-8-10/h1-4,7-8,14H,5-6H2. The van der Waals surface area contributed by atoms with Crippen LogP contribution in [0.5, 0.6) is 0 Å². The van der Waals surface area contributed by atoms with Crippen LogP contribution < -0.4 is 0 Å². The molecular formula is C12H11ClO2. The second kappa shape index (κ2) is 4.51. The Morgan fingerprint density at radius 1 is 1.13 bits per heavy atom. The zero-order chi connectivity index (χ0) is 10.7. The summed E-state index contributed by atoms with van der Waals surface area (Å²) in [5.74, 6) is 0.794. The SMILES string of the molecule is OCCc1cc(-c2ccc(Cl)cc2)co1. The minimum Gasteiger partial charge on any atom is -0.469 e. The smallest absolute Gasteiger partial charge is 0.106 e. The van der Waals surface area contributed by atoms with Gasteiger partial charge in [-0.2, -0.15) is 0 Å². The van der Waals surface area contributed by atoms with Gasteiger partial charge in [-0.3, -0.25) is 0 Å². The number of aliphatic hydroxyl groups is 1. The van der Waals surface area contributed by atoms with E-state index in [1.54, 1.807) is 6.26 Å². The van der Waals surface area contributed by atoms with Crippen LogP contribution in [0, 0.1) is 0 Å². The van der Waals surface area contributed by atoms with E-state index in [9.17, 15) is 0 Å². The molecule has 0 unspecified atom stereocenters. The Hall–Kier alpha value is -1.25. The van der Waals surface area contributed by atoms with Crippen molar-refractivity contribution < 1.29 is 9.52 Å². The number of benzene rings is 1. The molecule has 0 spiro atoms. The average molecular weight is 223 g/mol. The van der Waals surface area contributed by atoms with Crippen LogP contribution in [0.4, 0.5) is 0 Å². The van der Waals surface area contributed by atoms with Gasteiger partial charge in [0.15, 0.2) is 0 Å². The number of furan rings is 1. The highest BCUT2D eigenvalue weighted by Gasteiger charge is 2.03. The summed E-state index contributed by atoms with van der Waals surface area (Å²) in [4.78, 5) is 0.